The standard InChI is InChI=1S/C12H20N6/c1-10(2)18-8-14-7-11(18)6-13-5-4-12-15-9-17(3)16-12/h7-10,13H,4-6H2,1-3H3. The Morgan fingerprint density at radius 3 is 2.83 bits per heavy atom. The first-order chi connectivity index (χ1) is 8.66. The first-order valence-corrected chi connectivity index (χ1v) is 6.22. The molecule has 18 heavy (non-hydrogen) atoms. The summed E-state index contributed by atoms with van der Waals surface area (Å²) >= 11 is 0. The van der Waals surface area contributed by atoms with E-state index in [2.05, 4.69) is 38.8 Å². The Hall–Kier alpha value is -1.69. The fourth-order valence-corrected chi connectivity index (χ4v) is 1.85. The Kier molecular flexibility index (Phi) is 4.09. The fraction of sp³-hybridized carbons (Fsp3) is 0.583. The van der Waals surface area contributed by atoms with Crippen molar-refractivity contribution in [3.8, 4) is 0 Å². The molecule has 98 valence electrons. The van der Waals surface area contributed by atoms with Gasteiger partial charge < -0.3 is 9.88 Å². The van der Waals surface area contributed by atoms with Gasteiger partial charge in [0, 0.05) is 38.8 Å². The number of rotatable bonds is 6. The lowest BCUT2D eigenvalue weighted by Gasteiger charge is -2.11. The van der Waals surface area contributed by atoms with Crippen LogP contribution in [0.4, 0.5) is 0 Å². The summed E-state index contributed by atoms with van der Waals surface area (Å²) in [5.74, 6) is 0.877. The van der Waals surface area contributed by atoms with Gasteiger partial charge in [-0.2, -0.15) is 5.10 Å². The zero-order valence-corrected chi connectivity index (χ0v) is 11.2. The van der Waals surface area contributed by atoms with Crippen LogP contribution in [0.2, 0.25) is 0 Å². The summed E-state index contributed by atoms with van der Waals surface area (Å²) in [5, 5.41) is 7.63. The molecule has 0 saturated heterocycles. The molecule has 0 bridgehead atoms. The van der Waals surface area contributed by atoms with Crippen LogP contribution in [0.5, 0.6) is 0 Å². The highest BCUT2D eigenvalue weighted by Crippen LogP contribution is 2.08. The monoisotopic (exact) mass is 248 g/mol. The number of hydrogen-bond acceptors (Lipinski definition) is 4. The molecular formula is C12H20N6. The topological polar surface area (TPSA) is 60.6 Å². The third kappa shape index (κ3) is 3.16. The van der Waals surface area contributed by atoms with Crippen molar-refractivity contribution in [2.75, 3.05) is 6.54 Å². The lowest BCUT2D eigenvalue weighted by molar-refractivity contribution is 0.549. The number of aryl methyl sites for hydroxylation is 1. The van der Waals surface area contributed by atoms with Crippen molar-refractivity contribution in [3.63, 3.8) is 0 Å². The molecule has 0 aliphatic carbocycles. The largest absolute Gasteiger partial charge is 0.331 e. The van der Waals surface area contributed by atoms with Crippen molar-refractivity contribution in [1.29, 1.82) is 0 Å². The molecule has 0 unspecified atom stereocenters. The van der Waals surface area contributed by atoms with Gasteiger partial charge in [0.25, 0.3) is 0 Å². The number of nitrogens with zero attached hydrogens (tertiary/aromatic N) is 5. The normalized spacial score (nSPS) is 11.3. The summed E-state index contributed by atoms with van der Waals surface area (Å²) in [6.45, 7) is 6.00. The maximum atomic E-state index is 4.24. The van der Waals surface area contributed by atoms with Crippen molar-refractivity contribution in [1.82, 2.24) is 29.6 Å². The van der Waals surface area contributed by atoms with Crippen LogP contribution in [0.3, 0.4) is 0 Å². The molecule has 0 amide bonds. The molecule has 1 N–H and O–H groups in total. The Morgan fingerprint density at radius 2 is 2.17 bits per heavy atom. The van der Waals surface area contributed by atoms with Gasteiger partial charge in [0.2, 0.25) is 0 Å². The second kappa shape index (κ2) is 5.77. The van der Waals surface area contributed by atoms with Crippen LogP contribution in [-0.4, -0.2) is 30.9 Å². The van der Waals surface area contributed by atoms with Gasteiger partial charge in [0.1, 0.15) is 6.33 Å². The van der Waals surface area contributed by atoms with Crippen LogP contribution in [0, 0.1) is 0 Å². The van der Waals surface area contributed by atoms with E-state index in [1.807, 2.05) is 19.6 Å². The summed E-state index contributed by atoms with van der Waals surface area (Å²) in [5.41, 5.74) is 1.21. The lowest BCUT2D eigenvalue weighted by Crippen LogP contribution is -2.19. The van der Waals surface area contributed by atoms with E-state index >= 15 is 0 Å². The van der Waals surface area contributed by atoms with Gasteiger partial charge in [-0.05, 0) is 13.8 Å². The number of aromatic nitrogens is 5. The first kappa shape index (κ1) is 12.8. The SMILES string of the molecule is CC(C)n1cncc1CNCCc1ncn(C)n1. The quantitative estimate of drug-likeness (QED) is 0.772. The molecule has 0 spiro atoms. The second-order valence-corrected chi connectivity index (χ2v) is 4.65. The third-order valence-electron chi connectivity index (χ3n) is 2.78. The highest BCUT2D eigenvalue weighted by atomic mass is 15.3. The van der Waals surface area contributed by atoms with Gasteiger partial charge in [-0.25, -0.2) is 9.97 Å². The molecule has 0 aromatic carbocycles. The van der Waals surface area contributed by atoms with E-state index < -0.39 is 0 Å². The summed E-state index contributed by atoms with van der Waals surface area (Å²) in [4.78, 5) is 8.37. The maximum absolute atomic E-state index is 4.24. The fourth-order valence-electron chi connectivity index (χ4n) is 1.85. The molecule has 0 atom stereocenters. The van der Waals surface area contributed by atoms with Gasteiger partial charge in [-0.15, -0.1) is 0 Å². The van der Waals surface area contributed by atoms with E-state index in [0.29, 0.717) is 6.04 Å². The van der Waals surface area contributed by atoms with Gasteiger partial charge >= 0.3 is 0 Å². The lowest BCUT2D eigenvalue weighted by atomic mass is 10.3. The van der Waals surface area contributed by atoms with Crippen molar-refractivity contribution in [2.24, 2.45) is 7.05 Å². The predicted octanol–water partition coefficient (Wildman–Crippen LogP) is 0.925. The van der Waals surface area contributed by atoms with Crippen LogP contribution in [0.15, 0.2) is 18.9 Å². The molecular weight excluding hydrogens is 228 g/mol. The smallest absolute Gasteiger partial charge is 0.151 e. The molecule has 2 aromatic heterocycles. The van der Waals surface area contributed by atoms with E-state index in [1.54, 1.807) is 11.0 Å². The van der Waals surface area contributed by atoms with E-state index in [4.69, 9.17) is 0 Å². The van der Waals surface area contributed by atoms with Gasteiger partial charge in [-0.1, -0.05) is 0 Å². The minimum absolute atomic E-state index is 0.446. The maximum Gasteiger partial charge on any atom is 0.151 e. The van der Waals surface area contributed by atoms with Crippen LogP contribution < -0.4 is 5.32 Å². The Labute approximate surface area is 107 Å². The average molecular weight is 248 g/mol. The summed E-state index contributed by atoms with van der Waals surface area (Å²) in [6, 6.07) is 0.446. The van der Waals surface area contributed by atoms with E-state index in [1.165, 1.54) is 5.69 Å². The van der Waals surface area contributed by atoms with Gasteiger partial charge in [0.15, 0.2) is 5.82 Å². The first-order valence-electron chi connectivity index (χ1n) is 6.22. The highest BCUT2D eigenvalue weighted by molar-refractivity contribution is 4.99. The molecule has 6 nitrogen and oxygen atoms in total. The van der Waals surface area contributed by atoms with Crippen molar-refractivity contribution in [2.45, 2.75) is 32.9 Å². The van der Waals surface area contributed by atoms with E-state index in [9.17, 15) is 0 Å². The molecule has 0 saturated carbocycles. The Morgan fingerprint density at radius 1 is 1.33 bits per heavy atom. The third-order valence-corrected chi connectivity index (χ3v) is 2.78. The summed E-state index contributed by atoms with van der Waals surface area (Å²) in [7, 11) is 1.88. The average Bonchev–Trinajstić information content (AvgIpc) is 2.93. The van der Waals surface area contributed by atoms with Gasteiger partial charge in [0.05, 0.1) is 12.0 Å². The van der Waals surface area contributed by atoms with Gasteiger partial charge in [-0.3, -0.25) is 4.68 Å². The molecule has 0 radical (unpaired) electrons. The minimum atomic E-state index is 0.446. The van der Waals surface area contributed by atoms with Crippen molar-refractivity contribution >= 4 is 0 Å². The molecule has 0 fully saturated rings. The molecule has 0 aliphatic heterocycles. The van der Waals surface area contributed by atoms with Crippen LogP contribution in [-0.2, 0) is 20.0 Å². The van der Waals surface area contributed by atoms with Crippen molar-refractivity contribution in [3.05, 3.63) is 30.4 Å². The Bertz CT molecular complexity index is 484. The predicted molar refractivity (Wildman–Crippen MR) is 69.0 cm³/mol. The Balaban J connectivity index is 1.77. The van der Waals surface area contributed by atoms with E-state index in [0.717, 1.165) is 25.3 Å². The molecule has 2 aromatic rings. The molecule has 0 aliphatic rings. The van der Waals surface area contributed by atoms with E-state index in [-0.39, 0.29) is 0 Å². The number of hydrogen-bond donors (Lipinski definition) is 1. The summed E-state index contributed by atoms with van der Waals surface area (Å²) in [6.07, 6.45) is 6.35. The number of imidazole rings is 1. The van der Waals surface area contributed by atoms with Crippen LogP contribution >= 0.6 is 0 Å². The second-order valence-electron chi connectivity index (χ2n) is 4.65. The zero-order chi connectivity index (χ0) is 13.0. The van der Waals surface area contributed by atoms with Crippen molar-refractivity contribution < 1.29 is 0 Å². The molecule has 2 rings (SSSR count). The zero-order valence-electron chi connectivity index (χ0n) is 11.2. The highest BCUT2D eigenvalue weighted by Gasteiger charge is 2.04. The minimum Gasteiger partial charge on any atom is -0.331 e. The molecule has 6 heteroatoms. The summed E-state index contributed by atoms with van der Waals surface area (Å²) < 4.78 is 3.90. The molecule has 2 heterocycles. The van der Waals surface area contributed by atoms with Crippen LogP contribution in [0.25, 0.3) is 0 Å². The number of nitrogens with one attached hydrogen (secondary N) is 1. The van der Waals surface area contributed by atoms with Crippen LogP contribution in [0.1, 0.15) is 31.4 Å².